The summed E-state index contributed by atoms with van der Waals surface area (Å²) in [5.41, 5.74) is 2.35. The van der Waals surface area contributed by atoms with Crippen LogP contribution in [0.4, 0.5) is 0 Å². The third-order valence-electron chi connectivity index (χ3n) is 2.15. The third-order valence-corrected chi connectivity index (χ3v) is 2.81. The van der Waals surface area contributed by atoms with Gasteiger partial charge < -0.3 is 14.2 Å². The molecule has 17 heavy (non-hydrogen) atoms. The van der Waals surface area contributed by atoms with Gasteiger partial charge in [0.2, 0.25) is 0 Å². The average Bonchev–Trinajstić information content (AvgIpc) is 2.24. The van der Waals surface area contributed by atoms with Crippen LogP contribution in [0.25, 0.3) is 0 Å². The van der Waals surface area contributed by atoms with Gasteiger partial charge in [-0.15, -0.1) is 0 Å². The molecule has 1 unspecified atom stereocenters. The van der Waals surface area contributed by atoms with Crippen LogP contribution in [0, 0.1) is 6.92 Å². The SMILES string of the molecule is Cc1ccc(COCCCOP(C)(=O)O)cc1. The van der Waals surface area contributed by atoms with Crippen molar-refractivity contribution in [3.8, 4) is 0 Å². The van der Waals surface area contributed by atoms with Crippen LogP contribution in [0.5, 0.6) is 0 Å². The van der Waals surface area contributed by atoms with E-state index in [1.165, 1.54) is 12.2 Å². The third kappa shape index (κ3) is 7.29. The van der Waals surface area contributed by atoms with Crippen LogP contribution < -0.4 is 0 Å². The van der Waals surface area contributed by atoms with E-state index in [0.29, 0.717) is 19.6 Å². The van der Waals surface area contributed by atoms with Gasteiger partial charge >= 0.3 is 7.60 Å². The fraction of sp³-hybridized carbons (Fsp3) is 0.500. The molecule has 0 bridgehead atoms. The van der Waals surface area contributed by atoms with E-state index < -0.39 is 7.60 Å². The molecule has 0 aromatic heterocycles. The number of aryl methyl sites for hydroxylation is 1. The maximum atomic E-state index is 10.8. The topological polar surface area (TPSA) is 55.8 Å². The second-order valence-electron chi connectivity index (χ2n) is 4.03. The van der Waals surface area contributed by atoms with Crippen molar-refractivity contribution in [3.05, 3.63) is 35.4 Å². The summed E-state index contributed by atoms with van der Waals surface area (Å²) in [4.78, 5) is 8.87. The van der Waals surface area contributed by atoms with Crippen LogP contribution >= 0.6 is 7.60 Å². The van der Waals surface area contributed by atoms with E-state index in [-0.39, 0.29) is 6.61 Å². The lowest BCUT2D eigenvalue weighted by molar-refractivity contribution is 0.105. The van der Waals surface area contributed by atoms with Gasteiger partial charge in [0.25, 0.3) is 0 Å². The molecule has 0 fully saturated rings. The molecule has 0 aliphatic rings. The van der Waals surface area contributed by atoms with E-state index in [0.717, 1.165) is 5.56 Å². The maximum absolute atomic E-state index is 10.8. The number of rotatable bonds is 7. The lowest BCUT2D eigenvalue weighted by Crippen LogP contribution is -2.00. The van der Waals surface area contributed by atoms with Crippen LogP contribution in [0.2, 0.25) is 0 Å². The molecule has 0 saturated heterocycles. The molecular formula is C12H19O4P. The highest BCUT2D eigenvalue weighted by Crippen LogP contribution is 2.36. The zero-order valence-corrected chi connectivity index (χ0v) is 11.2. The molecule has 1 aromatic rings. The van der Waals surface area contributed by atoms with Gasteiger partial charge in [0.05, 0.1) is 13.2 Å². The van der Waals surface area contributed by atoms with Crippen LogP contribution in [0.3, 0.4) is 0 Å². The highest BCUT2D eigenvalue weighted by molar-refractivity contribution is 7.51. The summed E-state index contributed by atoms with van der Waals surface area (Å²) in [6.07, 6.45) is 0.615. The van der Waals surface area contributed by atoms with Gasteiger partial charge in [-0.05, 0) is 18.9 Å². The molecular weight excluding hydrogens is 239 g/mol. The summed E-state index contributed by atoms with van der Waals surface area (Å²) in [6, 6.07) is 8.14. The number of hydrogen-bond acceptors (Lipinski definition) is 3. The Hall–Kier alpha value is -0.670. The monoisotopic (exact) mass is 258 g/mol. The molecule has 0 radical (unpaired) electrons. The van der Waals surface area contributed by atoms with Gasteiger partial charge in [-0.2, -0.15) is 0 Å². The molecule has 96 valence electrons. The van der Waals surface area contributed by atoms with Gasteiger partial charge in [0.15, 0.2) is 0 Å². The summed E-state index contributed by atoms with van der Waals surface area (Å²) >= 11 is 0. The lowest BCUT2D eigenvalue weighted by Gasteiger charge is -2.07. The first-order valence-electron chi connectivity index (χ1n) is 5.55. The minimum absolute atomic E-state index is 0.248. The summed E-state index contributed by atoms with van der Waals surface area (Å²) in [7, 11) is -3.33. The Labute approximate surface area is 102 Å². The summed E-state index contributed by atoms with van der Waals surface area (Å²) in [6.45, 7) is 4.55. The van der Waals surface area contributed by atoms with E-state index in [1.54, 1.807) is 0 Å². The fourth-order valence-corrected chi connectivity index (χ4v) is 1.74. The van der Waals surface area contributed by atoms with Crippen LogP contribution in [-0.4, -0.2) is 24.8 Å². The van der Waals surface area contributed by atoms with Crippen molar-refractivity contribution < 1.29 is 18.7 Å². The Balaban J connectivity index is 2.08. The van der Waals surface area contributed by atoms with Crippen molar-refractivity contribution in [3.63, 3.8) is 0 Å². The van der Waals surface area contributed by atoms with E-state index in [1.807, 2.05) is 31.2 Å². The number of benzene rings is 1. The normalized spacial score (nSPS) is 14.5. The van der Waals surface area contributed by atoms with Gasteiger partial charge in [-0.25, -0.2) is 0 Å². The van der Waals surface area contributed by atoms with Crippen LogP contribution in [-0.2, 0) is 20.4 Å². The van der Waals surface area contributed by atoms with E-state index in [9.17, 15) is 4.57 Å². The van der Waals surface area contributed by atoms with Crippen LogP contribution in [0.1, 0.15) is 17.5 Å². The standard InChI is InChI=1S/C12H19O4P/c1-11-4-6-12(7-5-11)10-15-8-3-9-16-17(2,13)14/h4-7H,3,8-10H2,1-2H3,(H,13,14). The lowest BCUT2D eigenvalue weighted by atomic mass is 10.2. The quantitative estimate of drug-likeness (QED) is 0.603. The predicted octanol–water partition coefficient (Wildman–Crippen LogP) is 2.73. The molecule has 1 atom stereocenters. The first-order chi connectivity index (χ1) is 7.97. The van der Waals surface area contributed by atoms with E-state index in [2.05, 4.69) is 0 Å². The Morgan fingerprint density at radius 1 is 1.24 bits per heavy atom. The highest BCUT2D eigenvalue weighted by Gasteiger charge is 2.08. The van der Waals surface area contributed by atoms with E-state index in [4.69, 9.17) is 14.2 Å². The van der Waals surface area contributed by atoms with Crippen molar-refractivity contribution in [2.75, 3.05) is 19.9 Å². The van der Waals surface area contributed by atoms with Crippen molar-refractivity contribution in [1.29, 1.82) is 0 Å². The smallest absolute Gasteiger partial charge is 0.325 e. The van der Waals surface area contributed by atoms with Gasteiger partial charge in [-0.1, -0.05) is 29.8 Å². The molecule has 0 amide bonds. The summed E-state index contributed by atoms with van der Waals surface area (Å²) in [5, 5.41) is 0. The molecule has 0 aliphatic carbocycles. The van der Waals surface area contributed by atoms with Gasteiger partial charge in [0, 0.05) is 13.3 Å². The van der Waals surface area contributed by atoms with Crippen molar-refractivity contribution in [2.45, 2.75) is 20.0 Å². The number of hydrogen-bond donors (Lipinski definition) is 1. The Kier molecular flexibility index (Phi) is 5.86. The highest BCUT2D eigenvalue weighted by atomic mass is 31.2. The Morgan fingerprint density at radius 3 is 2.47 bits per heavy atom. The van der Waals surface area contributed by atoms with E-state index >= 15 is 0 Å². The summed E-state index contributed by atoms with van der Waals surface area (Å²) in [5.74, 6) is 0. The predicted molar refractivity (Wildman–Crippen MR) is 67.2 cm³/mol. The second kappa shape index (κ2) is 6.92. The Morgan fingerprint density at radius 2 is 1.88 bits per heavy atom. The fourth-order valence-electron chi connectivity index (χ4n) is 1.27. The second-order valence-corrected chi connectivity index (χ2v) is 5.89. The molecule has 5 heteroatoms. The molecule has 1 rings (SSSR count). The maximum Gasteiger partial charge on any atom is 0.325 e. The molecule has 0 saturated carbocycles. The zero-order valence-electron chi connectivity index (χ0n) is 10.3. The first kappa shape index (κ1) is 14.4. The minimum atomic E-state index is -3.33. The zero-order chi connectivity index (χ0) is 12.7. The first-order valence-corrected chi connectivity index (χ1v) is 7.58. The summed E-state index contributed by atoms with van der Waals surface area (Å²) < 4.78 is 20.9. The van der Waals surface area contributed by atoms with Gasteiger partial charge in [-0.3, -0.25) is 4.57 Å². The molecule has 0 aliphatic heterocycles. The molecule has 4 nitrogen and oxygen atoms in total. The van der Waals surface area contributed by atoms with Crippen molar-refractivity contribution >= 4 is 7.60 Å². The minimum Gasteiger partial charge on any atom is -0.377 e. The van der Waals surface area contributed by atoms with Gasteiger partial charge in [0.1, 0.15) is 0 Å². The molecule has 0 heterocycles. The Bertz CT molecular complexity index is 369. The molecule has 0 spiro atoms. The van der Waals surface area contributed by atoms with Crippen molar-refractivity contribution in [2.24, 2.45) is 0 Å². The van der Waals surface area contributed by atoms with Crippen LogP contribution in [0.15, 0.2) is 24.3 Å². The number of ether oxygens (including phenoxy) is 1. The molecule has 1 N–H and O–H groups in total. The largest absolute Gasteiger partial charge is 0.377 e. The van der Waals surface area contributed by atoms with Crippen molar-refractivity contribution in [1.82, 2.24) is 0 Å². The average molecular weight is 258 g/mol. The molecule has 1 aromatic carbocycles.